The van der Waals surface area contributed by atoms with E-state index in [-0.39, 0.29) is 25.7 Å². The average molecular weight is 1410 g/mol. The quantitative estimate of drug-likeness (QED) is 0.0222. The monoisotopic (exact) mass is 1410 g/mol. The van der Waals surface area contributed by atoms with Crippen molar-refractivity contribution in [2.75, 3.05) is 39.6 Å². The van der Waals surface area contributed by atoms with Gasteiger partial charge < -0.3 is 33.8 Å². The lowest BCUT2D eigenvalue weighted by molar-refractivity contribution is -0.161. The van der Waals surface area contributed by atoms with Gasteiger partial charge in [0.05, 0.1) is 26.4 Å². The van der Waals surface area contributed by atoms with Crippen molar-refractivity contribution in [1.29, 1.82) is 0 Å². The molecule has 5 atom stereocenters. The van der Waals surface area contributed by atoms with E-state index < -0.39 is 97.5 Å². The van der Waals surface area contributed by atoms with Gasteiger partial charge in [-0.1, -0.05) is 350 Å². The molecule has 96 heavy (non-hydrogen) atoms. The van der Waals surface area contributed by atoms with Gasteiger partial charge >= 0.3 is 39.5 Å². The predicted molar refractivity (Wildman–Crippen MR) is 391 cm³/mol. The maximum absolute atomic E-state index is 13.1. The molecule has 0 aromatic carbocycles. The van der Waals surface area contributed by atoms with Crippen LogP contribution < -0.4 is 0 Å². The zero-order chi connectivity index (χ0) is 70.7. The fraction of sp³-hybridized carbons (Fsp3) is 0.948. The molecule has 0 rings (SSSR count). The Morgan fingerprint density at radius 3 is 0.708 bits per heavy atom. The van der Waals surface area contributed by atoms with Crippen molar-refractivity contribution in [3.63, 3.8) is 0 Å². The highest BCUT2D eigenvalue weighted by Gasteiger charge is 2.30. The molecule has 0 aliphatic carbocycles. The fourth-order valence-electron chi connectivity index (χ4n) is 11.8. The first-order chi connectivity index (χ1) is 46.4. The number of carbonyl (C=O) groups excluding carboxylic acids is 4. The van der Waals surface area contributed by atoms with Crippen LogP contribution in [0.1, 0.15) is 401 Å². The Balaban J connectivity index is 5.20. The minimum absolute atomic E-state index is 0.104. The third kappa shape index (κ3) is 70.5. The van der Waals surface area contributed by atoms with Crippen LogP contribution >= 0.6 is 15.6 Å². The Kier molecular flexibility index (Phi) is 67.4. The van der Waals surface area contributed by atoms with Crippen LogP contribution in [0.2, 0.25) is 0 Å². The molecule has 0 saturated heterocycles. The van der Waals surface area contributed by atoms with Crippen LogP contribution in [0.5, 0.6) is 0 Å². The summed E-state index contributed by atoms with van der Waals surface area (Å²) in [6.07, 6.45) is 57.2. The third-order valence-electron chi connectivity index (χ3n) is 18.0. The first-order valence-corrected chi connectivity index (χ1v) is 43.0. The standard InChI is InChI=1S/C77H150O17P2/c1-7-9-11-13-15-17-19-21-23-25-26-27-28-30-32-34-36-41-49-55-61-76(81)93-72(65-87-74(79)59-53-47-40-35-33-31-29-24-22-20-18-16-14-12-10-8-2)67-91-95(83,84)89-63-71(78)64-90-96(85,86)92-68-73(66-88-75(80)60-54-48-44-43-46-52-58-70(5)6)94-77(82)62-56-50-42-38-37-39-45-51-57-69(3)4/h69-73,78H,7-68H2,1-6H3,(H,83,84)(H,85,86)/t71-,72-,73-/m1/s1. The summed E-state index contributed by atoms with van der Waals surface area (Å²) in [5.74, 6) is -0.721. The molecular weight excluding hydrogens is 1260 g/mol. The summed E-state index contributed by atoms with van der Waals surface area (Å²) in [7, 11) is -9.91. The molecule has 3 N–H and O–H groups in total. The van der Waals surface area contributed by atoms with Crippen molar-refractivity contribution in [3.05, 3.63) is 0 Å². The largest absolute Gasteiger partial charge is 0.472 e. The van der Waals surface area contributed by atoms with Gasteiger partial charge in [-0.05, 0) is 37.5 Å². The second kappa shape index (κ2) is 68.8. The molecule has 0 bridgehead atoms. The van der Waals surface area contributed by atoms with Gasteiger partial charge in [0.15, 0.2) is 12.2 Å². The summed E-state index contributed by atoms with van der Waals surface area (Å²) in [5, 5.41) is 10.6. The molecule has 0 aliphatic heterocycles. The van der Waals surface area contributed by atoms with E-state index >= 15 is 0 Å². The van der Waals surface area contributed by atoms with Gasteiger partial charge in [0.1, 0.15) is 19.3 Å². The molecule has 0 amide bonds. The molecule has 0 spiro atoms. The van der Waals surface area contributed by atoms with E-state index in [2.05, 4.69) is 41.5 Å². The number of phosphoric ester groups is 2. The van der Waals surface area contributed by atoms with E-state index in [9.17, 15) is 43.2 Å². The van der Waals surface area contributed by atoms with Crippen LogP contribution in [0.4, 0.5) is 0 Å². The van der Waals surface area contributed by atoms with Gasteiger partial charge in [0, 0.05) is 25.7 Å². The zero-order valence-electron chi connectivity index (χ0n) is 62.7. The number of aliphatic hydroxyl groups is 1. The van der Waals surface area contributed by atoms with Gasteiger partial charge in [-0.2, -0.15) is 0 Å². The maximum atomic E-state index is 13.1. The summed E-state index contributed by atoms with van der Waals surface area (Å²) in [4.78, 5) is 72.8. The van der Waals surface area contributed by atoms with E-state index in [1.165, 1.54) is 212 Å². The molecule has 0 radical (unpaired) electrons. The summed E-state index contributed by atoms with van der Waals surface area (Å²) >= 11 is 0. The molecule has 2 unspecified atom stereocenters. The van der Waals surface area contributed by atoms with E-state index in [0.717, 1.165) is 102 Å². The van der Waals surface area contributed by atoms with Crippen LogP contribution in [0.3, 0.4) is 0 Å². The van der Waals surface area contributed by atoms with Crippen molar-refractivity contribution in [2.24, 2.45) is 11.8 Å². The summed E-state index contributed by atoms with van der Waals surface area (Å²) in [6.45, 7) is 9.47. The Hall–Kier alpha value is -1.94. The van der Waals surface area contributed by atoms with Crippen molar-refractivity contribution in [3.8, 4) is 0 Å². The van der Waals surface area contributed by atoms with Crippen LogP contribution in [0.25, 0.3) is 0 Å². The maximum Gasteiger partial charge on any atom is 0.472 e. The lowest BCUT2D eigenvalue weighted by Crippen LogP contribution is -2.30. The lowest BCUT2D eigenvalue weighted by Gasteiger charge is -2.21. The van der Waals surface area contributed by atoms with E-state index in [0.29, 0.717) is 31.6 Å². The average Bonchev–Trinajstić information content (AvgIpc) is 1.24. The molecule has 570 valence electrons. The van der Waals surface area contributed by atoms with E-state index in [4.69, 9.17) is 37.0 Å². The van der Waals surface area contributed by atoms with E-state index in [1.807, 2.05) is 0 Å². The first kappa shape index (κ1) is 94.1. The Morgan fingerprint density at radius 2 is 0.479 bits per heavy atom. The number of hydrogen-bond acceptors (Lipinski definition) is 15. The van der Waals surface area contributed by atoms with Crippen LogP contribution in [0.15, 0.2) is 0 Å². The molecule has 0 heterocycles. The van der Waals surface area contributed by atoms with Gasteiger partial charge in [0.25, 0.3) is 0 Å². The van der Waals surface area contributed by atoms with Crippen LogP contribution in [-0.2, 0) is 65.4 Å². The minimum Gasteiger partial charge on any atom is -0.462 e. The Labute approximate surface area is 588 Å². The van der Waals surface area contributed by atoms with Gasteiger partial charge in [-0.3, -0.25) is 37.3 Å². The highest BCUT2D eigenvalue weighted by molar-refractivity contribution is 7.47. The molecule has 19 heteroatoms. The number of phosphoric acid groups is 2. The van der Waals surface area contributed by atoms with Crippen LogP contribution in [-0.4, -0.2) is 96.7 Å². The molecule has 0 aromatic rings. The fourth-order valence-corrected chi connectivity index (χ4v) is 13.4. The van der Waals surface area contributed by atoms with Crippen molar-refractivity contribution in [2.45, 2.75) is 419 Å². The normalized spacial score (nSPS) is 14.0. The summed E-state index contributed by atoms with van der Waals surface area (Å²) < 4.78 is 68.5. The minimum atomic E-state index is -4.96. The number of hydrogen-bond donors (Lipinski definition) is 3. The van der Waals surface area contributed by atoms with Crippen LogP contribution in [0, 0.1) is 11.8 Å². The molecule has 0 aliphatic rings. The number of carbonyl (C=O) groups is 4. The zero-order valence-corrected chi connectivity index (χ0v) is 64.5. The van der Waals surface area contributed by atoms with Gasteiger partial charge in [-0.25, -0.2) is 9.13 Å². The number of esters is 4. The number of rotatable bonds is 76. The molecule has 0 aromatic heterocycles. The molecule has 0 fully saturated rings. The van der Waals surface area contributed by atoms with Crippen molar-refractivity contribution < 1.29 is 80.2 Å². The predicted octanol–water partition coefficient (Wildman–Crippen LogP) is 22.7. The van der Waals surface area contributed by atoms with Crippen molar-refractivity contribution in [1.82, 2.24) is 0 Å². The topological polar surface area (TPSA) is 237 Å². The number of unbranched alkanes of at least 4 members (excludes halogenated alkanes) is 46. The summed E-state index contributed by atoms with van der Waals surface area (Å²) in [6, 6.07) is 0. The first-order valence-electron chi connectivity index (χ1n) is 40.0. The highest BCUT2D eigenvalue weighted by atomic mass is 31.2. The molecular formula is C77H150O17P2. The van der Waals surface area contributed by atoms with Gasteiger partial charge in [0.2, 0.25) is 0 Å². The SMILES string of the molecule is CCCCCCCCCCCCCCCCCCCCCCC(=O)O[C@H](COC(=O)CCCCCCCCCCCCCCCCCC)COP(=O)(O)OC[C@@H](O)COP(=O)(O)OC[C@@H](COC(=O)CCCCCCCCC(C)C)OC(=O)CCCCCCCCCCC(C)C. The van der Waals surface area contributed by atoms with E-state index in [1.54, 1.807) is 0 Å². The highest BCUT2D eigenvalue weighted by Crippen LogP contribution is 2.45. The second-order valence-corrected chi connectivity index (χ2v) is 31.6. The third-order valence-corrected chi connectivity index (χ3v) is 19.9. The number of aliphatic hydroxyl groups excluding tert-OH is 1. The van der Waals surface area contributed by atoms with Gasteiger partial charge in [-0.15, -0.1) is 0 Å². The lowest BCUT2D eigenvalue weighted by atomic mass is 10.0. The smallest absolute Gasteiger partial charge is 0.462 e. The van der Waals surface area contributed by atoms with Crippen molar-refractivity contribution >= 4 is 39.5 Å². The molecule has 17 nitrogen and oxygen atoms in total. The Morgan fingerprint density at radius 1 is 0.281 bits per heavy atom. The second-order valence-electron chi connectivity index (χ2n) is 28.7. The summed E-state index contributed by atoms with van der Waals surface area (Å²) in [5.41, 5.74) is 0. The number of ether oxygens (including phenoxy) is 4. The molecule has 0 saturated carbocycles. The Bertz CT molecular complexity index is 1860.